The Kier molecular flexibility index (Phi) is 6.73. The van der Waals surface area contributed by atoms with Gasteiger partial charge in [0.15, 0.2) is 0 Å². The largest absolute Gasteiger partial charge is 0.491 e. The minimum absolute atomic E-state index is 0.0999. The highest BCUT2D eigenvalue weighted by Gasteiger charge is 2.10. The molecule has 28 heavy (non-hydrogen) atoms. The van der Waals surface area contributed by atoms with Gasteiger partial charge in [0.05, 0.1) is 5.69 Å². The lowest BCUT2D eigenvalue weighted by Gasteiger charge is -2.18. The van der Waals surface area contributed by atoms with E-state index in [1.807, 2.05) is 36.4 Å². The molecule has 2 atom stereocenters. The van der Waals surface area contributed by atoms with E-state index in [1.54, 1.807) is 11.0 Å². The lowest BCUT2D eigenvalue weighted by Crippen LogP contribution is -2.33. The molecule has 0 amide bonds. The smallest absolute Gasteiger partial charge is 0.143 e. The first-order valence-corrected chi connectivity index (χ1v) is 9.50. The molecule has 0 aliphatic heterocycles. The van der Waals surface area contributed by atoms with Crippen molar-refractivity contribution in [2.75, 3.05) is 13.2 Å². The van der Waals surface area contributed by atoms with Gasteiger partial charge in [0.25, 0.3) is 0 Å². The molecular weight excluding hydrogens is 354 g/mol. The highest BCUT2D eigenvalue weighted by molar-refractivity contribution is 5.34. The summed E-state index contributed by atoms with van der Waals surface area (Å²) < 4.78 is 7.29. The van der Waals surface area contributed by atoms with Gasteiger partial charge >= 0.3 is 0 Å². The van der Waals surface area contributed by atoms with Crippen LogP contribution < -0.4 is 10.1 Å². The van der Waals surface area contributed by atoms with Crippen LogP contribution >= 0.6 is 0 Å². The number of aromatic nitrogens is 4. The van der Waals surface area contributed by atoms with Crippen LogP contribution in [-0.2, 0) is 0 Å². The third-order valence-electron chi connectivity index (χ3n) is 4.66. The van der Waals surface area contributed by atoms with E-state index in [4.69, 9.17) is 4.74 Å². The Morgan fingerprint density at radius 1 is 1.00 bits per heavy atom. The van der Waals surface area contributed by atoms with Gasteiger partial charge in [-0.1, -0.05) is 38.1 Å². The van der Waals surface area contributed by atoms with E-state index >= 15 is 0 Å². The quantitative estimate of drug-likeness (QED) is 0.593. The number of benzene rings is 2. The van der Waals surface area contributed by atoms with Gasteiger partial charge in [-0.2, -0.15) is 0 Å². The number of rotatable bonds is 9. The molecule has 7 heteroatoms. The van der Waals surface area contributed by atoms with E-state index in [2.05, 4.69) is 53.7 Å². The minimum atomic E-state index is -0.590. The summed E-state index contributed by atoms with van der Waals surface area (Å²) in [6.45, 7) is 7.07. The van der Waals surface area contributed by atoms with Gasteiger partial charge in [-0.25, -0.2) is 4.68 Å². The van der Waals surface area contributed by atoms with Crippen molar-refractivity contribution in [2.24, 2.45) is 0 Å². The number of aliphatic hydroxyl groups is 1. The van der Waals surface area contributed by atoms with Crippen LogP contribution in [0.25, 0.3) is 5.69 Å². The summed E-state index contributed by atoms with van der Waals surface area (Å²) in [4.78, 5) is 0. The monoisotopic (exact) mass is 381 g/mol. The lowest BCUT2D eigenvalue weighted by molar-refractivity contribution is 0.104. The Morgan fingerprint density at radius 3 is 2.29 bits per heavy atom. The Balaban J connectivity index is 1.44. The number of nitrogens with one attached hydrogen (secondary N) is 1. The standard InChI is InChI=1S/C21H27N5O2/c1-15(2)17-6-10-21(11-7-17)28-13-20(27)12-22-16(3)18-4-8-19(9-5-18)26-14-23-24-25-26/h4-11,14-16,20,22,27H,12-13H2,1-3H3. The van der Waals surface area contributed by atoms with Crippen molar-refractivity contribution in [3.63, 3.8) is 0 Å². The molecule has 3 rings (SSSR count). The number of tetrazole rings is 1. The number of hydrogen-bond acceptors (Lipinski definition) is 6. The van der Waals surface area contributed by atoms with Crippen LogP contribution in [0.5, 0.6) is 5.75 Å². The average molecular weight is 381 g/mol. The third-order valence-corrected chi connectivity index (χ3v) is 4.66. The van der Waals surface area contributed by atoms with Crippen molar-refractivity contribution < 1.29 is 9.84 Å². The van der Waals surface area contributed by atoms with Crippen LogP contribution in [0.2, 0.25) is 0 Å². The molecule has 0 saturated heterocycles. The van der Waals surface area contributed by atoms with Crippen LogP contribution in [0.15, 0.2) is 54.9 Å². The molecule has 0 fully saturated rings. The van der Waals surface area contributed by atoms with Crippen LogP contribution in [0.4, 0.5) is 0 Å². The minimum Gasteiger partial charge on any atom is -0.491 e. The van der Waals surface area contributed by atoms with Gasteiger partial charge < -0.3 is 15.2 Å². The second-order valence-electron chi connectivity index (χ2n) is 7.16. The summed E-state index contributed by atoms with van der Waals surface area (Å²) in [5, 5.41) is 24.7. The fraction of sp³-hybridized carbons (Fsp3) is 0.381. The average Bonchev–Trinajstić information content (AvgIpc) is 3.25. The van der Waals surface area contributed by atoms with Crippen molar-refractivity contribution in [2.45, 2.75) is 38.8 Å². The van der Waals surface area contributed by atoms with Crippen molar-refractivity contribution >= 4 is 0 Å². The Labute approximate surface area is 165 Å². The first-order chi connectivity index (χ1) is 13.5. The zero-order chi connectivity index (χ0) is 19.9. The molecule has 2 aromatic carbocycles. The summed E-state index contributed by atoms with van der Waals surface area (Å²) in [5.74, 6) is 1.27. The van der Waals surface area contributed by atoms with Crippen molar-refractivity contribution in [3.8, 4) is 11.4 Å². The highest BCUT2D eigenvalue weighted by Crippen LogP contribution is 2.19. The van der Waals surface area contributed by atoms with Gasteiger partial charge in [-0.05, 0) is 58.7 Å². The number of nitrogens with zero attached hydrogens (tertiary/aromatic N) is 4. The number of hydrogen-bond donors (Lipinski definition) is 2. The molecule has 0 aliphatic carbocycles. The number of aliphatic hydroxyl groups excluding tert-OH is 1. The maximum atomic E-state index is 10.2. The topological polar surface area (TPSA) is 85.1 Å². The Morgan fingerprint density at radius 2 is 1.68 bits per heavy atom. The summed E-state index contributed by atoms with van der Waals surface area (Å²) in [5.41, 5.74) is 3.29. The number of ether oxygens (including phenoxy) is 1. The second kappa shape index (κ2) is 9.43. The molecule has 0 aliphatic rings. The first kappa shape index (κ1) is 20.0. The predicted octanol–water partition coefficient (Wildman–Crippen LogP) is 2.88. The fourth-order valence-corrected chi connectivity index (χ4v) is 2.83. The molecule has 1 aromatic heterocycles. The fourth-order valence-electron chi connectivity index (χ4n) is 2.83. The van der Waals surface area contributed by atoms with Crippen LogP contribution in [0.1, 0.15) is 43.9 Å². The van der Waals surface area contributed by atoms with E-state index in [0.717, 1.165) is 17.0 Å². The lowest BCUT2D eigenvalue weighted by atomic mass is 10.0. The van der Waals surface area contributed by atoms with Crippen LogP contribution in [-0.4, -0.2) is 44.6 Å². The maximum absolute atomic E-state index is 10.2. The highest BCUT2D eigenvalue weighted by atomic mass is 16.5. The SMILES string of the molecule is CC(C)c1ccc(OCC(O)CNC(C)c2ccc(-n3cnnn3)cc2)cc1. The van der Waals surface area contributed by atoms with Crippen molar-refractivity contribution in [1.82, 2.24) is 25.5 Å². The normalized spacial score (nSPS) is 13.5. The molecule has 2 unspecified atom stereocenters. The summed E-state index contributed by atoms with van der Waals surface area (Å²) in [6.07, 6.45) is 0.969. The van der Waals surface area contributed by atoms with Gasteiger partial charge in [0.1, 0.15) is 24.8 Å². The molecule has 0 spiro atoms. The Bertz CT molecular complexity index is 832. The Hall–Kier alpha value is -2.77. The third kappa shape index (κ3) is 5.37. The molecule has 1 heterocycles. The van der Waals surface area contributed by atoms with Crippen LogP contribution in [0.3, 0.4) is 0 Å². The van der Waals surface area contributed by atoms with Crippen LogP contribution in [0, 0.1) is 0 Å². The van der Waals surface area contributed by atoms with Gasteiger partial charge in [-0.15, -0.1) is 5.10 Å². The summed E-state index contributed by atoms with van der Waals surface area (Å²) >= 11 is 0. The zero-order valence-corrected chi connectivity index (χ0v) is 16.5. The second-order valence-corrected chi connectivity index (χ2v) is 7.16. The van der Waals surface area contributed by atoms with Gasteiger partial charge in [0, 0.05) is 12.6 Å². The summed E-state index contributed by atoms with van der Waals surface area (Å²) in [7, 11) is 0. The van der Waals surface area contributed by atoms with E-state index in [0.29, 0.717) is 12.5 Å². The van der Waals surface area contributed by atoms with E-state index in [9.17, 15) is 5.11 Å². The van der Waals surface area contributed by atoms with Gasteiger partial charge in [-0.3, -0.25) is 0 Å². The van der Waals surface area contributed by atoms with E-state index < -0.39 is 6.10 Å². The molecule has 0 radical (unpaired) electrons. The molecule has 148 valence electrons. The molecule has 7 nitrogen and oxygen atoms in total. The van der Waals surface area contributed by atoms with Crippen molar-refractivity contribution in [3.05, 3.63) is 66.0 Å². The molecular formula is C21H27N5O2. The predicted molar refractivity (Wildman–Crippen MR) is 108 cm³/mol. The molecule has 0 saturated carbocycles. The molecule has 2 N–H and O–H groups in total. The van der Waals surface area contributed by atoms with E-state index in [1.165, 1.54) is 5.56 Å². The molecule has 0 bridgehead atoms. The maximum Gasteiger partial charge on any atom is 0.143 e. The first-order valence-electron chi connectivity index (χ1n) is 9.50. The van der Waals surface area contributed by atoms with E-state index in [-0.39, 0.29) is 12.6 Å². The summed E-state index contributed by atoms with van der Waals surface area (Å²) in [6, 6.07) is 16.1. The zero-order valence-electron chi connectivity index (χ0n) is 16.5. The molecule has 3 aromatic rings. The van der Waals surface area contributed by atoms with Crippen molar-refractivity contribution in [1.29, 1.82) is 0 Å². The van der Waals surface area contributed by atoms with Gasteiger partial charge in [0.2, 0.25) is 0 Å².